The van der Waals surface area contributed by atoms with Crippen LogP contribution >= 0.6 is 11.6 Å². The van der Waals surface area contributed by atoms with E-state index < -0.39 is 0 Å². The molecule has 1 heterocycles. The van der Waals surface area contributed by atoms with Crippen LogP contribution in [0.3, 0.4) is 0 Å². The number of halogens is 1. The van der Waals surface area contributed by atoms with Crippen molar-refractivity contribution < 1.29 is 5.11 Å². The first-order chi connectivity index (χ1) is 10.3. The normalized spacial score (nSPS) is 10.8. The summed E-state index contributed by atoms with van der Waals surface area (Å²) in [6.07, 6.45) is 0. The molecular formula is C16H14ClN3O. The second-order valence-electron chi connectivity index (χ2n) is 4.64. The minimum atomic E-state index is -0.146. The molecule has 1 aromatic heterocycles. The maximum absolute atomic E-state index is 9.47. The topological polar surface area (TPSA) is 50.9 Å². The zero-order chi connectivity index (χ0) is 14.7. The van der Waals surface area contributed by atoms with Crippen molar-refractivity contribution in [1.29, 1.82) is 0 Å². The molecule has 0 aliphatic carbocycles. The van der Waals surface area contributed by atoms with Crippen LogP contribution in [0.15, 0.2) is 54.6 Å². The number of hydrogen-bond acceptors (Lipinski definition) is 3. The zero-order valence-electron chi connectivity index (χ0n) is 11.3. The molecule has 0 spiro atoms. The van der Waals surface area contributed by atoms with Crippen LogP contribution in [0, 0.1) is 0 Å². The van der Waals surface area contributed by atoms with Gasteiger partial charge in [0.1, 0.15) is 11.4 Å². The van der Waals surface area contributed by atoms with E-state index in [9.17, 15) is 5.11 Å². The van der Waals surface area contributed by atoms with Gasteiger partial charge >= 0.3 is 0 Å². The number of aromatic nitrogens is 3. The van der Waals surface area contributed by atoms with Gasteiger partial charge in [0.2, 0.25) is 0 Å². The third kappa shape index (κ3) is 2.96. The van der Waals surface area contributed by atoms with Gasteiger partial charge in [-0.15, -0.1) is 0 Å². The van der Waals surface area contributed by atoms with Gasteiger partial charge in [0.05, 0.1) is 13.2 Å². The Morgan fingerprint density at radius 1 is 0.952 bits per heavy atom. The highest BCUT2D eigenvalue weighted by Gasteiger charge is 2.12. The maximum Gasteiger partial charge on any atom is 0.118 e. The summed E-state index contributed by atoms with van der Waals surface area (Å²) in [5, 5.41) is 19.0. The van der Waals surface area contributed by atoms with Crippen LogP contribution in [0.2, 0.25) is 5.02 Å². The molecule has 106 valence electrons. The van der Waals surface area contributed by atoms with Crippen molar-refractivity contribution in [3.63, 3.8) is 0 Å². The fraction of sp³-hybridized carbons (Fsp3) is 0.125. The molecule has 0 unspecified atom stereocenters. The number of benzene rings is 2. The number of nitrogens with zero attached hydrogens (tertiary/aromatic N) is 3. The molecule has 0 saturated carbocycles. The van der Waals surface area contributed by atoms with E-state index in [1.807, 2.05) is 54.6 Å². The van der Waals surface area contributed by atoms with Crippen molar-refractivity contribution in [1.82, 2.24) is 15.0 Å². The summed E-state index contributed by atoms with van der Waals surface area (Å²) in [6.45, 7) is 0.326. The van der Waals surface area contributed by atoms with Gasteiger partial charge in [0.15, 0.2) is 0 Å². The van der Waals surface area contributed by atoms with E-state index in [1.165, 1.54) is 0 Å². The molecule has 4 nitrogen and oxygen atoms in total. The molecule has 0 aliphatic rings. The lowest BCUT2D eigenvalue weighted by molar-refractivity contribution is 0.276. The van der Waals surface area contributed by atoms with E-state index in [0.717, 1.165) is 11.1 Å². The van der Waals surface area contributed by atoms with Gasteiger partial charge in [-0.1, -0.05) is 60.1 Å². The zero-order valence-corrected chi connectivity index (χ0v) is 12.0. The second kappa shape index (κ2) is 6.08. The number of hydrogen-bond donors (Lipinski definition) is 1. The highest BCUT2D eigenvalue weighted by atomic mass is 35.5. The molecular weight excluding hydrogens is 286 g/mol. The smallest absolute Gasteiger partial charge is 0.118 e. The Balaban J connectivity index is 1.95. The summed E-state index contributed by atoms with van der Waals surface area (Å²) >= 11 is 6.15. The summed E-state index contributed by atoms with van der Waals surface area (Å²) < 4.78 is 0. The van der Waals surface area contributed by atoms with Crippen molar-refractivity contribution in [2.75, 3.05) is 0 Å². The monoisotopic (exact) mass is 299 g/mol. The Morgan fingerprint density at radius 3 is 2.38 bits per heavy atom. The van der Waals surface area contributed by atoms with Crippen LogP contribution in [0.4, 0.5) is 0 Å². The van der Waals surface area contributed by atoms with Gasteiger partial charge in [0.25, 0.3) is 0 Å². The summed E-state index contributed by atoms with van der Waals surface area (Å²) in [5.41, 5.74) is 3.14. The Bertz CT molecular complexity index is 740. The first-order valence-corrected chi connectivity index (χ1v) is 6.99. The highest BCUT2D eigenvalue weighted by molar-refractivity contribution is 6.31. The third-order valence-corrected chi connectivity index (χ3v) is 3.56. The molecule has 3 rings (SSSR count). The van der Waals surface area contributed by atoms with Gasteiger partial charge < -0.3 is 5.11 Å². The molecule has 0 atom stereocenters. The van der Waals surface area contributed by atoms with Gasteiger partial charge in [-0.05, 0) is 11.6 Å². The first kappa shape index (κ1) is 13.8. The number of aliphatic hydroxyl groups is 1. The molecule has 0 aliphatic heterocycles. The molecule has 1 N–H and O–H groups in total. The summed E-state index contributed by atoms with van der Waals surface area (Å²) in [5.74, 6) is 0. The van der Waals surface area contributed by atoms with E-state index in [4.69, 9.17) is 11.6 Å². The fourth-order valence-corrected chi connectivity index (χ4v) is 2.35. The molecule has 5 heteroatoms. The SMILES string of the molecule is OCc1nn(Cc2ccccc2Cl)nc1-c1ccccc1. The average Bonchev–Trinajstić information content (AvgIpc) is 2.93. The van der Waals surface area contributed by atoms with E-state index in [2.05, 4.69) is 10.2 Å². The van der Waals surface area contributed by atoms with Crippen molar-refractivity contribution >= 4 is 11.6 Å². The van der Waals surface area contributed by atoms with E-state index in [-0.39, 0.29) is 6.61 Å². The van der Waals surface area contributed by atoms with Crippen molar-refractivity contribution in [3.8, 4) is 11.3 Å². The third-order valence-electron chi connectivity index (χ3n) is 3.19. The van der Waals surface area contributed by atoms with E-state index in [0.29, 0.717) is 23.0 Å². The number of aliphatic hydroxyl groups excluding tert-OH is 1. The minimum absolute atomic E-state index is 0.146. The largest absolute Gasteiger partial charge is 0.390 e. The summed E-state index contributed by atoms with van der Waals surface area (Å²) in [7, 11) is 0. The van der Waals surface area contributed by atoms with Crippen molar-refractivity contribution in [3.05, 3.63) is 70.9 Å². The quantitative estimate of drug-likeness (QED) is 0.805. The Kier molecular flexibility index (Phi) is 3.99. The lowest BCUT2D eigenvalue weighted by atomic mass is 10.1. The van der Waals surface area contributed by atoms with Crippen LogP contribution in [0.5, 0.6) is 0 Å². The molecule has 0 amide bonds. The molecule has 0 bridgehead atoms. The molecule has 0 fully saturated rings. The standard InChI is InChI=1S/C16H14ClN3O/c17-14-9-5-4-8-13(14)10-20-18-15(11-21)16(19-20)12-6-2-1-3-7-12/h1-9,21H,10-11H2. The van der Waals surface area contributed by atoms with Crippen LogP contribution < -0.4 is 0 Å². The minimum Gasteiger partial charge on any atom is -0.390 e. The van der Waals surface area contributed by atoms with Crippen molar-refractivity contribution in [2.24, 2.45) is 0 Å². The highest BCUT2D eigenvalue weighted by Crippen LogP contribution is 2.21. The van der Waals surface area contributed by atoms with Gasteiger partial charge in [0, 0.05) is 10.6 Å². The molecule has 0 saturated heterocycles. The molecule has 2 aromatic carbocycles. The van der Waals surface area contributed by atoms with Gasteiger partial charge in [-0.3, -0.25) is 0 Å². The van der Waals surface area contributed by atoms with Crippen LogP contribution in [0.25, 0.3) is 11.3 Å². The van der Waals surface area contributed by atoms with Crippen LogP contribution in [0.1, 0.15) is 11.3 Å². The Hall–Kier alpha value is -2.17. The second-order valence-corrected chi connectivity index (χ2v) is 5.05. The predicted molar refractivity (Wildman–Crippen MR) is 81.9 cm³/mol. The van der Waals surface area contributed by atoms with Gasteiger partial charge in [-0.25, -0.2) is 0 Å². The molecule has 3 aromatic rings. The first-order valence-electron chi connectivity index (χ1n) is 6.61. The average molecular weight is 300 g/mol. The van der Waals surface area contributed by atoms with Crippen molar-refractivity contribution in [2.45, 2.75) is 13.2 Å². The molecule has 0 radical (unpaired) electrons. The summed E-state index contributed by atoms with van der Waals surface area (Å²) in [6, 6.07) is 17.3. The van der Waals surface area contributed by atoms with Crippen LogP contribution in [-0.4, -0.2) is 20.1 Å². The molecule has 21 heavy (non-hydrogen) atoms. The predicted octanol–water partition coefficient (Wildman–Crippen LogP) is 3.14. The fourth-order valence-electron chi connectivity index (χ4n) is 2.16. The van der Waals surface area contributed by atoms with E-state index >= 15 is 0 Å². The van der Waals surface area contributed by atoms with Gasteiger partial charge in [-0.2, -0.15) is 15.0 Å². The maximum atomic E-state index is 9.47. The lowest BCUT2D eigenvalue weighted by Gasteiger charge is -2.02. The van der Waals surface area contributed by atoms with E-state index in [1.54, 1.807) is 4.80 Å². The number of rotatable bonds is 4. The van der Waals surface area contributed by atoms with Crippen LogP contribution in [-0.2, 0) is 13.2 Å². The summed E-state index contributed by atoms with van der Waals surface area (Å²) in [4.78, 5) is 1.56. The Morgan fingerprint density at radius 2 is 1.67 bits per heavy atom. The Labute approximate surface area is 127 Å². The lowest BCUT2D eigenvalue weighted by Crippen LogP contribution is -2.04.